The molecule has 2 aromatic carbocycles. The van der Waals surface area contributed by atoms with E-state index >= 15 is 0 Å². The average Bonchev–Trinajstić information content (AvgIpc) is 3.24. The van der Waals surface area contributed by atoms with Crippen LogP contribution in [0.1, 0.15) is 30.6 Å². The van der Waals surface area contributed by atoms with Crippen LogP contribution in [-0.2, 0) is 14.4 Å². The summed E-state index contributed by atoms with van der Waals surface area (Å²) in [5, 5.41) is 14.8. The molecule has 3 rings (SSSR count). The molecule has 1 heterocycles. The lowest BCUT2D eigenvalue weighted by molar-refractivity contribution is -0.138. The number of nitrogens with one attached hydrogen (secondary N) is 2. The summed E-state index contributed by atoms with van der Waals surface area (Å²) in [5.41, 5.74) is 1.41. The van der Waals surface area contributed by atoms with Crippen LogP contribution in [0, 0.1) is 0 Å². The number of aliphatic carboxylic acids is 1. The van der Waals surface area contributed by atoms with Crippen LogP contribution in [0.3, 0.4) is 0 Å². The maximum absolute atomic E-state index is 13.1. The van der Waals surface area contributed by atoms with Crippen molar-refractivity contribution in [1.82, 2.24) is 9.36 Å². The number of carbonyl (C=O) groups is 3. The highest BCUT2D eigenvalue weighted by Gasteiger charge is 2.23. The van der Waals surface area contributed by atoms with Crippen molar-refractivity contribution >= 4 is 63.7 Å². The van der Waals surface area contributed by atoms with Crippen molar-refractivity contribution in [2.75, 3.05) is 16.4 Å². The summed E-state index contributed by atoms with van der Waals surface area (Å²) in [4.78, 5) is 40.7. The predicted molar refractivity (Wildman–Crippen MR) is 132 cm³/mol. The van der Waals surface area contributed by atoms with E-state index in [1.54, 1.807) is 12.1 Å². The molecule has 0 bridgehead atoms. The van der Waals surface area contributed by atoms with Crippen LogP contribution in [0.15, 0.2) is 64.6 Å². The van der Waals surface area contributed by atoms with Crippen molar-refractivity contribution < 1.29 is 19.5 Å². The third-order valence-corrected chi connectivity index (χ3v) is 6.95. The first-order valence-electron chi connectivity index (χ1n) is 10.0. The highest BCUT2D eigenvalue weighted by atomic mass is 32.2. The summed E-state index contributed by atoms with van der Waals surface area (Å²) in [6.07, 6.45) is -0.312. The number of aromatic nitrogens is 2. The van der Waals surface area contributed by atoms with Gasteiger partial charge in [0.25, 0.3) is 0 Å². The summed E-state index contributed by atoms with van der Waals surface area (Å²) in [5.74, 6) is -0.739. The highest BCUT2D eigenvalue weighted by Crippen LogP contribution is 2.37. The third kappa shape index (κ3) is 7.88. The zero-order chi connectivity index (χ0) is 23.6. The van der Waals surface area contributed by atoms with Crippen LogP contribution >= 0.6 is 35.1 Å². The molecule has 0 fully saturated rings. The van der Waals surface area contributed by atoms with Crippen molar-refractivity contribution in [1.29, 1.82) is 0 Å². The van der Waals surface area contributed by atoms with Gasteiger partial charge in [0, 0.05) is 28.5 Å². The van der Waals surface area contributed by atoms with E-state index in [1.165, 1.54) is 23.5 Å². The fraction of sp³-hybridized carbons (Fsp3) is 0.227. The fourth-order valence-electron chi connectivity index (χ4n) is 2.72. The largest absolute Gasteiger partial charge is 0.481 e. The van der Waals surface area contributed by atoms with Crippen LogP contribution in [-0.4, -0.2) is 38.0 Å². The van der Waals surface area contributed by atoms with Gasteiger partial charge in [0.05, 0.1) is 6.42 Å². The zero-order valence-corrected chi connectivity index (χ0v) is 20.1. The Balaban J connectivity index is 1.69. The Morgan fingerprint density at radius 3 is 2.42 bits per heavy atom. The summed E-state index contributed by atoms with van der Waals surface area (Å²) in [7, 11) is 0. The van der Waals surface area contributed by atoms with Crippen molar-refractivity contribution in [3.8, 4) is 0 Å². The first-order valence-corrected chi connectivity index (χ1v) is 12.7. The minimum absolute atomic E-state index is 0.0911. The Morgan fingerprint density at radius 2 is 1.76 bits per heavy atom. The molecule has 0 saturated carbocycles. The van der Waals surface area contributed by atoms with E-state index in [2.05, 4.69) is 20.0 Å². The zero-order valence-electron chi connectivity index (χ0n) is 17.7. The molecule has 1 aromatic heterocycles. The fourth-order valence-corrected chi connectivity index (χ4v) is 5.01. The molecule has 0 aliphatic heterocycles. The van der Waals surface area contributed by atoms with Gasteiger partial charge in [-0.3, -0.25) is 19.7 Å². The van der Waals surface area contributed by atoms with Crippen molar-refractivity contribution in [3.05, 3.63) is 60.2 Å². The Kier molecular flexibility index (Phi) is 9.28. The third-order valence-electron chi connectivity index (χ3n) is 4.21. The van der Waals surface area contributed by atoms with Gasteiger partial charge in [-0.25, -0.2) is 0 Å². The monoisotopic (exact) mass is 502 g/mol. The van der Waals surface area contributed by atoms with Gasteiger partial charge < -0.3 is 10.4 Å². The molecule has 3 N–H and O–H groups in total. The minimum Gasteiger partial charge on any atom is -0.481 e. The molecule has 0 aliphatic carbocycles. The van der Waals surface area contributed by atoms with Crippen molar-refractivity contribution in [2.24, 2.45) is 0 Å². The SMILES string of the molecule is CCSc1nsc(NC(=O)C(Sc2ccc(NC(=O)CCC(=O)O)cc2)c2ccccc2)n1. The first-order chi connectivity index (χ1) is 15.9. The van der Waals surface area contributed by atoms with E-state index in [4.69, 9.17) is 5.11 Å². The van der Waals surface area contributed by atoms with Gasteiger partial charge in [-0.15, -0.1) is 11.8 Å². The van der Waals surface area contributed by atoms with Crippen LogP contribution in [0.5, 0.6) is 0 Å². The molecule has 172 valence electrons. The molecule has 11 heteroatoms. The molecule has 1 atom stereocenters. The summed E-state index contributed by atoms with van der Waals surface area (Å²) >= 11 is 4.04. The maximum atomic E-state index is 13.1. The minimum atomic E-state index is -1.02. The van der Waals surface area contributed by atoms with Gasteiger partial charge >= 0.3 is 5.97 Å². The number of amides is 2. The second-order valence-corrected chi connectivity index (χ2v) is 9.84. The number of carbonyl (C=O) groups excluding carboxylic acids is 2. The first kappa shape index (κ1) is 24.7. The second-order valence-electron chi connectivity index (χ2n) is 6.68. The lowest BCUT2D eigenvalue weighted by atomic mass is 10.1. The number of carboxylic acid groups (broad SMARTS) is 1. The summed E-state index contributed by atoms with van der Waals surface area (Å²) in [6.45, 7) is 2.01. The molecular formula is C22H22N4O4S3. The van der Waals surface area contributed by atoms with Crippen molar-refractivity contribution in [2.45, 2.75) is 35.1 Å². The Labute approximate surface area is 203 Å². The predicted octanol–water partition coefficient (Wildman–Crippen LogP) is 4.93. The molecule has 8 nitrogen and oxygen atoms in total. The van der Waals surface area contributed by atoms with Crippen LogP contribution in [0.4, 0.5) is 10.8 Å². The van der Waals surface area contributed by atoms with Crippen molar-refractivity contribution in [3.63, 3.8) is 0 Å². The van der Waals surface area contributed by atoms with E-state index in [9.17, 15) is 14.4 Å². The van der Waals surface area contributed by atoms with Crippen LogP contribution in [0.2, 0.25) is 0 Å². The number of anilines is 2. The van der Waals surface area contributed by atoms with E-state index < -0.39 is 11.2 Å². The lowest BCUT2D eigenvalue weighted by Gasteiger charge is -2.16. The normalized spacial score (nSPS) is 11.5. The highest BCUT2D eigenvalue weighted by molar-refractivity contribution is 8.00. The van der Waals surface area contributed by atoms with E-state index in [1.807, 2.05) is 49.4 Å². The van der Waals surface area contributed by atoms with Gasteiger partial charge in [-0.1, -0.05) is 49.0 Å². The molecule has 0 saturated heterocycles. The summed E-state index contributed by atoms with van der Waals surface area (Å²) < 4.78 is 4.24. The van der Waals surface area contributed by atoms with E-state index in [0.717, 1.165) is 27.7 Å². The number of hydrogen-bond donors (Lipinski definition) is 3. The van der Waals surface area contributed by atoms with Gasteiger partial charge in [-0.2, -0.15) is 9.36 Å². The van der Waals surface area contributed by atoms with Gasteiger partial charge in [0.2, 0.25) is 22.1 Å². The molecule has 1 unspecified atom stereocenters. The number of benzene rings is 2. The Bertz CT molecular complexity index is 1090. The van der Waals surface area contributed by atoms with E-state index in [-0.39, 0.29) is 24.7 Å². The molecule has 0 aliphatic rings. The van der Waals surface area contributed by atoms with Gasteiger partial charge in [-0.05, 0) is 35.6 Å². The topological polar surface area (TPSA) is 121 Å². The smallest absolute Gasteiger partial charge is 0.303 e. The molecule has 33 heavy (non-hydrogen) atoms. The van der Waals surface area contributed by atoms with E-state index in [0.29, 0.717) is 16.0 Å². The molecule has 2 amide bonds. The number of hydrogen-bond acceptors (Lipinski definition) is 8. The number of carboxylic acids is 1. The molecule has 0 radical (unpaired) electrons. The molecule has 3 aromatic rings. The maximum Gasteiger partial charge on any atom is 0.303 e. The summed E-state index contributed by atoms with van der Waals surface area (Å²) in [6, 6.07) is 16.5. The quantitative estimate of drug-likeness (QED) is 0.316. The standard InChI is InChI=1S/C22H22N4O4S3/c1-2-31-22-25-21(33-26-22)24-20(30)19(14-6-4-3-5-7-14)32-16-10-8-15(9-11-16)23-17(27)12-13-18(28)29/h3-11,19H,2,12-13H2,1H3,(H,23,27)(H,28,29)(H,24,25,26,30). The lowest BCUT2D eigenvalue weighted by Crippen LogP contribution is -2.19. The van der Waals surface area contributed by atoms with Gasteiger partial charge in [0.1, 0.15) is 5.25 Å². The van der Waals surface area contributed by atoms with Crippen LogP contribution < -0.4 is 10.6 Å². The second kappa shape index (κ2) is 12.4. The molecule has 0 spiro atoms. The van der Waals surface area contributed by atoms with Crippen LogP contribution in [0.25, 0.3) is 0 Å². The average molecular weight is 503 g/mol. The number of rotatable bonds is 11. The number of nitrogens with zero attached hydrogens (tertiary/aromatic N) is 2. The van der Waals surface area contributed by atoms with Gasteiger partial charge in [0.15, 0.2) is 0 Å². The Morgan fingerprint density at radius 1 is 1.03 bits per heavy atom. The number of thioether (sulfide) groups is 2. The Hall–Kier alpha value is -2.89. The molecular weight excluding hydrogens is 480 g/mol.